The molecule has 0 aliphatic carbocycles. The van der Waals surface area contributed by atoms with Crippen molar-refractivity contribution in [2.75, 3.05) is 7.05 Å². The van der Waals surface area contributed by atoms with Crippen molar-refractivity contribution in [1.82, 2.24) is 0 Å². The minimum atomic E-state index is -0.875. The molecule has 0 saturated heterocycles. The normalized spacial score (nSPS) is 7.50. The van der Waals surface area contributed by atoms with Crippen molar-refractivity contribution in [3.8, 4) is 0 Å². The SMILES string of the molecule is CC.CN.Cc1ccc(C(=O)O)cc1. The van der Waals surface area contributed by atoms with Crippen molar-refractivity contribution in [2.45, 2.75) is 20.8 Å². The molecular formula is C11H19NO2. The van der Waals surface area contributed by atoms with Gasteiger partial charge in [0.15, 0.2) is 0 Å². The fraction of sp³-hybridized carbons (Fsp3) is 0.364. The lowest BCUT2D eigenvalue weighted by molar-refractivity contribution is 0.0697. The summed E-state index contributed by atoms with van der Waals surface area (Å²) in [6.07, 6.45) is 0. The Morgan fingerprint density at radius 2 is 1.50 bits per heavy atom. The lowest BCUT2D eigenvalue weighted by Gasteiger charge is -1.92. The zero-order valence-corrected chi connectivity index (χ0v) is 9.24. The molecule has 0 aliphatic rings. The van der Waals surface area contributed by atoms with Gasteiger partial charge >= 0.3 is 5.97 Å². The predicted octanol–water partition coefficient (Wildman–Crippen LogP) is 2.29. The summed E-state index contributed by atoms with van der Waals surface area (Å²) in [4.78, 5) is 10.3. The Labute approximate surface area is 85.6 Å². The van der Waals surface area contributed by atoms with E-state index in [2.05, 4.69) is 5.73 Å². The van der Waals surface area contributed by atoms with Crippen LogP contribution in [0.15, 0.2) is 24.3 Å². The van der Waals surface area contributed by atoms with Gasteiger partial charge in [-0.25, -0.2) is 4.79 Å². The van der Waals surface area contributed by atoms with Gasteiger partial charge in [-0.1, -0.05) is 31.5 Å². The minimum Gasteiger partial charge on any atom is -0.478 e. The van der Waals surface area contributed by atoms with Crippen molar-refractivity contribution in [2.24, 2.45) is 5.73 Å². The third-order valence-corrected chi connectivity index (χ3v) is 1.30. The van der Waals surface area contributed by atoms with Gasteiger partial charge in [-0.3, -0.25) is 0 Å². The summed E-state index contributed by atoms with van der Waals surface area (Å²) in [6, 6.07) is 6.75. The summed E-state index contributed by atoms with van der Waals surface area (Å²) in [7, 11) is 1.50. The summed E-state index contributed by atoms with van der Waals surface area (Å²) in [5.74, 6) is -0.875. The molecule has 0 unspecified atom stereocenters. The van der Waals surface area contributed by atoms with E-state index in [1.54, 1.807) is 24.3 Å². The van der Waals surface area contributed by atoms with Crippen LogP contribution in [0.25, 0.3) is 0 Å². The summed E-state index contributed by atoms with van der Waals surface area (Å²) in [5, 5.41) is 8.48. The number of nitrogens with two attached hydrogens (primary N) is 1. The second-order valence-corrected chi connectivity index (χ2v) is 2.17. The highest BCUT2D eigenvalue weighted by molar-refractivity contribution is 5.87. The van der Waals surface area contributed by atoms with E-state index in [9.17, 15) is 4.79 Å². The Bertz CT molecular complexity index is 242. The molecule has 0 heterocycles. The Hall–Kier alpha value is -1.35. The summed E-state index contributed by atoms with van der Waals surface area (Å²) < 4.78 is 0. The molecule has 3 nitrogen and oxygen atoms in total. The first-order valence-corrected chi connectivity index (χ1v) is 4.58. The van der Waals surface area contributed by atoms with E-state index in [1.807, 2.05) is 20.8 Å². The maximum absolute atomic E-state index is 10.3. The van der Waals surface area contributed by atoms with Gasteiger partial charge in [0.05, 0.1) is 5.56 Å². The van der Waals surface area contributed by atoms with Crippen LogP contribution in [0.4, 0.5) is 0 Å². The molecule has 3 heteroatoms. The van der Waals surface area contributed by atoms with Gasteiger partial charge in [0.25, 0.3) is 0 Å². The van der Waals surface area contributed by atoms with Gasteiger partial charge in [0, 0.05) is 0 Å². The van der Waals surface area contributed by atoms with Crippen LogP contribution in [0.3, 0.4) is 0 Å². The summed E-state index contributed by atoms with van der Waals surface area (Å²) in [5.41, 5.74) is 5.91. The van der Waals surface area contributed by atoms with Gasteiger partial charge in [-0.15, -0.1) is 0 Å². The largest absolute Gasteiger partial charge is 0.478 e. The Balaban J connectivity index is 0. The topological polar surface area (TPSA) is 63.3 Å². The molecule has 0 spiro atoms. The first-order valence-electron chi connectivity index (χ1n) is 4.58. The molecule has 0 radical (unpaired) electrons. The molecule has 1 rings (SSSR count). The molecule has 0 aliphatic heterocycles. The average Bonchev–Trinajstić information content (AvgIpc) is 2.24. The van der Waals surface area contributed by atoms with Crippen LogP contribution in [0, 0.1) is 6.92 Å². The van der Waals surface area contributed by atoms with Gasteiger partial charge in [0.2, 0.25) is 0 Å². The first-order chi connectivity index (χ1) is 6.70. The third kappa shape index (κ3) is 6.20. The fourth-order valence-electron chi connectivity index (χ4n) is 0.696. The first kappa shape index (κ1) is 15.1. The number of hydrogen-bond acceptors (Lipinski definition) is 2. The highest BCUT2D eigenvalue weighted by Crippen LogP contribution is 2.01. The third-order valence-electron chi connectivity index (χ3n) is 1.30. The van der Waals surface area contributed by atoms with Crippen LogP contribution in [0.1, 0.15) is 29.8 Å². The minimum absolute atomic E-state index is 0.339. The van der Waals surface area contributed by atoms with Crippen molar-refractivity contribution < 1.29 is 9.90 Å². The monoisotopic (exact) mass is 197 g/mol. The molecular weight excluding hydrogens is 178 g/mol. The van der Waals surface area contributed by atoms with E-state index >= 15 is 0 Å². The lowest BCUT2D eigenvalue weighted by atomic mass is 10.2. The van der Waals surface area contributed by atoms with Crippen molar-refractivity contribution in [3.05, 3.63) is 35.4 Å². The molecule has 0 saturated carbocycles. The van der Waals surface area contributed by atoms with Crippen LogP contribution in [-0.4, -0.2) is 18.1 Å². The summed E-state index contributed by atoms with van der Waals surface area (Å²) >= 11 is 0. The fourth-order valence-corrected chi connectivity index (χ4v) is 0.696. The molecule has 3 N–H and O–H groups in total. The van der Waals surface area contributed by atoms with Crippen LogP contribution >= 0.6 is 0 Å². The maximum Gasteiger partial charge on any atom is 0.335 e. The molecule has 0 aromatic heterocycles. The number of aryl methyl sites for hydroxylation is 1. The average molecular weight is 197 g/mol. The predicted molar refractivity (Wildman–Crippen MR) is 59.6 cm³/mol. The highest BCUT2D eigenvalue weighted by Gasteiger charge is 1.98. The van der Waals surface area contributed by atoms with Crippen molar-refractivity contribution in [1.29, 1.82) is 0 Å². The van der Waals surface area contributed by atoms with Gasteiger partial charge in [-0.2, -0.15) is 0 Å². The van der Waals surface area contributed by atoms with Crippen LogP contribution in [0.2, 0.25) is 0 Å². The lowest BCUT2D eigenvalue weighted by Crippen LogP contribution is -1.94. The molecule has 0 fully saturated rings. The van der Waals surface area contributed by atoms with Gasteiger partial charge in [-0.05, 0) is 26.1 Å². The Morgan fingerprint density at radius 1 is 1.14 bits per heavy atom. The van der Waals surface area contributed by atoms with Crippen LogP contribution in [-0.2, 0) is 0 Å². The second kappa shape index (κ2) is 9.74. The molecule has 80 valence electrons. The van der Waals surface area contributed by atoms with Crippen LogP contribution < -0.4 is 5.73 Å². The zero-order chi connectivity index (χ0) is 11.6. The van der Waals surface area contributed by atoms with E-state index in [1.165, 1.54) is 7.05 Å². The van der Waals surface area contributed by atoms with E-state index in [0.717, 1.165) is 5.56 Å². The van der Waals surface area contributed by atoms with Gasteiger partial charge in [0.1, 0.15) is 0 Å². The zero-order valence-electron chi connectivity index (χ0n) is 9.24. The van der Waals surface area contributed by atoms with E-state index in [-0.39, 0.29) is 0 Å². The summed E-state index contributed by atoms with van der Waals surface area (Å²) in [6.45, 7) is 5.92. The Kier molecular flexibility index (Phi) is 10.5. The van der Waals surface area contributed by atoms with Crippen molar-refractivity contribution >= 4 is 5.97 Å². The number of hydrogen-bond donors (Lipinski definition) is 2. The number of carboxylic acid groups (broad SMARTS) is 1. The Morgan fingerprint density at radius 3 is 1.79 bits per heavy atom. The van der Waals surface area contributed by atoms with Crippen molar-refractivity contribution in [3.63, 3.8) is 0 Å². The second-order valence-electron chi connectivity index (χ2n) is 2.17. The highest BCUT2D eigenvalue weighted by atomic mass is 16.4. The number of aromatic carboxylic acids is 1. The van der Waals surface area contributed by atoms with E-state index in [0.29, 0.717) is 5.56 Å². The molecule has 1 aromatic carbocycles. The molecule has 0 amide bonds. The standard InChI is InChI=1S/C8H8O2.C2H6.CH5N/c1-6-2-4-7(5-3-6)8(9)10;2*1-2/h2-5H,1H3,(H,9,10);1-2H3;2H2,1H3. The molecule has 0 bridgehead atoms. The quantitative estimate of drug-likeness (QED) is 0.726. The molecule has 14 heavy (non-hydrogen) atoms. The molecule has 0 atom stereocenters. The maximum atomic E-state index is 10.3. The number of carbonyl (C=O) groups is 1. The number of rotatable bonds is 1. The molecule has 1 aromatic rings. The van der Waals surface area contributed by atoms with Crippen LogP contribution in [0.5, 0.6) is 0 Å². The van der Waals surface area contributed by atoms with Gasteiger partial charge < -0.3 is 10.8 Å². The smallest absolute Gasteiger partial charge is 0.335 e. The number of benzene rings is 1. The van der Waals surface area contributed by atoms with E-state index in [4.69, 9.17) is 5.11 Å². The van der Waals surface area contributed by atoms with E-state index < -0.39 is 5.97 Å². The number of carboxylic acids is 1.